The molecule has 0 aliphatic carbocycles. The van der Waals surface area contributed by atoms with Crippen LogP contribution in [0.2, 0.25) is 5.02 Å². The van der Waals surface area contributed by atoms with Crippen LogP contribution in [0.5, 0.6) is 5.75 Å². The maximum Gasteiger partial charge on any atom is 0.256 e. The summed E-state index contributed by atoms with van der Waals surface area (Å²) in [6.07, 6.45) is 0. The zero-order chi connectivity index (χ0) is 15.2. The SMILES string of the molecule is CCOc1ccc(CNC(=O)c2c(F)cccc2Cl)cc1. The average Bonchev–Trinajstić information content (AvgIpc) is 2.47. The number of carbonyl (C=O) groups is 1. The number of halogens is 2. The molecule has 0 aliphatic rings. The van der Waals surface area contributed by atoms with Crippen molar-refractivity contribution in [3.8, 4) is 5.75 Å². The smallest absolute Gasteiger partial charge is 0.256 e. The second kappa shape index (κ2) is 7.09. The molecule has 0 saturated carbocycles. The monoisotopic (exact) mass is 307 g/mol. The van der Waals surface area contributed by atoms with Gasteiger partial charge in [-0.2, -0.15) is 0 Å². The maximum atomic E-state index is 13.6. The lowest BCUT2D eigenvalue weighted by Gasteiger charge is -2.08. The van der Waals surface area contributed by atoms with Crippen LogP contribution < -0.4 is 10.1 Å². The quantitative estimate of drug-likeness (QED) is 0.912. The van der Waals surface area contributed by atoms with Gasteiger partial charge in [-0.3, -0.25) is 4.79 Å². The summed E-state index contributed by atoms with van der Waals surface area (Å²) in [6.45, 7) is 2.80. The summed E-state index contributed by atoms with van der Waals surface area (Å²) in [7, 11) is 0. The van der Waals surface area contributed by atoms with Crippen molar-refractivity contribution >= 4 is 17.5 Å². The first kappa shape index (κ1) is 15.3. The molecule has 0 heterocycles. The molecule has 0 aliphatic heterocycles. The van der Waals surface area contributed by atoms with Crippen LogP contribution in [0.4, 0.5) is 4.39 Å². The molecule has 2 aromatic carbocycles. The molecular formula is C16H15ClFNO2. The second-order valence-electron chi connectivity index (χ2n) is 4.36. The third-order valence-electron chi connectivity index (χ3n) is 2.88. The van der Waals surface area contributed by atoms with E-state index in [1.54, 1.807) is 0 Å². The number of nitrogens with one attached hydrogen (secondary N) is 1. The predicted octanol–water partition coefficient (Wildman–Crippen LogP) is 3.81. The number of amides is 1. The topological polar surface area (TPSA) is 38.3 Å². The van der Waals surface area contributed by atoms with Crippen molar-refractivity contribution in [2.45, 2.75) is 13.5 Å². The zero-order valence-electron chi connectivity index (χ0n) is 11.5. The fourth-order valence-electron chi connectivity index (χ4n) is 1.86. The van der Waals surface area contributed by atoms with E-state index in [2.05, 4.69) is 5.32 Å². The molecule has 0 bridgehead atoms. The molecule has 3 nitrogen and oxygen atoms in total. The molecule has 2 aromatic rings. The highest BCUT2D eigenvalue weighted by Crippen LogP contribution is 2.19. The Labute approximate surface area is 127 Å². The normalized spacial score (nSPS) is 10.2. The van der Waals surface area contributed by atoms with Crippen molar-refractivity contribution in [3.63, 3.8) is 0 Å². The van der Waals surface area contributed by atoms with E-state index in [9.17, 15) is 9.18 Å². The molecule has 0 radical (unpaired) electrons. The number of hydrogen-bond donors (Lipinski definition) is 1. The zero-order valence-corrected chi connectivity index (χ0v) is 12.3. The Balaban J connectivity index is 2.01. The standard InChI is InChI=1S/C16H15ClFNO2/c1-2-21-12-8-6-11(7-9-12)10-19-16(20)15-13(17)4-3-5-14(15)18/h3-9H,2,10H2,1H3,(H,19,20). The Morgan fingerprint density at radius 1 is 1.24 bits per heavy atom. The Kier molecular flexibility index (Phi) is 5.17. The van der Waals surface area contributed by atoms with E-state index in [1.807, 2.05) is 31.2 Å². The van der Waals surface area contributed by atoms with E-state index in [1.165, 1.54) is 18.2 Å². The van der Waals surface area contributed by atoms with E-state index in [0.717, 1.165) is 11.3 Å². The fraction of sp³-hybridized carbons (Fsp3) is 0.188. The van der Waals surface area contributed by atoms with Gasteiger partial charge in [0, 0.05) is 6.54 Å². The molecular weight excluding hydrogens is 293 g/mol. The molecule has 0 atom stereocenters. The van der Waals surface area contributed by atoms with Crippen LogP contribution in [0.3, 0.4) is 0 Å². The molecule has 1 N–H and O–H groups in total. The molecule has 0 spiro atoms. The van der Waals surface area contributed by atoms with Crippen molar-refractivity contribution in [1.82, 2.24) is 5.32 Å². The van der Waals surface area contributed by atoms with Crippen LogP contribution in [-0.2, 0) is 6.54 Å². The Morgan fingerprint density at radius 2 is 1.95 bits per heavy atom. The first-order valence-corrected chi connectivity index (χ1v) is 6.93. The van der Waals surface area contributed by atoms with Gasteiger partial charge in [-0.25, -0.2) is 4.39 Å². The third kappa shape index (κ3) is 3.95. The molecule has 0 unspecified atom stereocenters. The fourth-order valence-corrected chi connectivity index (χ4v) is 2.10. The predicted molar refractivity (Wildman–Crippen MR) is 80.2 cm³/mol. The minimum atomic E-state index is -0.633. The first-order valence-electron chi connectivity index (χ1n) is 6.55. The molecule has 2 rings (SSSR count). The Morgan fingerprint density at radius 3 is 2.57 bits per heavy atom. The Bertz CT molecular complexity index is 608. The van der Waals surface area contributed by atoms with Crippen LogP contribution in [0.15, 0.2) is 42.5 Å². The van der Waals surface area contributed by atoms with Gasteiger partial charge in [-0.1, -0.05) is 29.8 Å². The lowest BCUT2D eigenvalue weighted by Crippen LogP contribution is -2.24. The van der Waals surface area contributed by atoms with Gasteiger partial charge in [0.25, 0.3) is 5.91 Å². The summed E-state index contributed by atoms with van der Waals surface area (Å²) in [6, 6.07) is 11.5. The highest BCUT2D eigenvalue weighted by Gasteiger charge is 2.15. The van der Waals surface area contributed by atoms with Crippen molar-refractivity contribution < 1.29 is 13.9 Å². The lowest BCUT2D eigenvalue weighted by atomic mass is 10.1. The van der Waals surface area contributed by atoms with E-state index < -0.39 is 11.7 Å². The van der Waals surface area contributed by atoms with Crippen LogP contribution >= 0.6 is 11.6 Å². The van der Waals surface area contributed by atoms with Crippen molar-refractivity contribution in [2.24, 2.45) is 0 Å². The van der Waals surface area contributed by atoms with Gasteiger partial charge in [0.1, 0.15) is 11.6 Å². The van der Waals surface area contributed by atoms with Gasteiger partial charge >= 0.3 is 0 Å². The summed E-state index contributed by atoms with van der Waals surface area (Å²) in [4.78, 5) is 12.0. The van der Waals surface area contributed by atoms with Gasteiger partial charge in [-0.15, -0.1) is 0 Å². The molecule has 21 heavy (non-hydrogen) atoms. The summed E-state index contributed by atoms with van der Waals surface area (Å²) in [5.41, 5.74) is 0.754. The van der Waals surface area contributed by atoms with Gasteiger partial charge in [0.15, 0.2) is 0 Å². The van der Waals surface area contributed by atoms with E-state index >= 15 is 0 Å². The summed E-state index contributed by atoms with van der Waals surface area (Å²) < 4.78 is 18.9. The average molecular weight is 308 g/mol. The van der Waals surface area contributed by atoms with Crippen molar-refractivity contribution in [3.05, 3.63) is 64.4 Å². The number of ether oxygens (including phenoxy) is 1. The van der Waals surface area contributed by atoms with E-state index in [-0.39, 0.29) is 17.1 Å². The van der Waals surface area contributed by atoms with E-state index in [4.69, 9.17) is 16.3 Å². The van der Waals surface area contributed by atoms with E-state index in [0.29, 0.717) is 6.61 Å². The van der Waals surface area contributed by atoms with Gasteiger partial charge in [0.2, 0.25) is 0 Å². The summed E-state index contributed by atoms with van der Waals surface area (Å²) in [5, 5.41) is 2.74. The highest BCUT2D eigenvalue weighted by molar-refractivity contribution is 6.33. The van der Waals surface area contributed by atoms with Crippen LogP contribution in [0, 0.1) is 5.82 Å². The Hall–Kier alpha value is -2.07. The molecule has 110 valence electrons. The number of hydrogen-bond acceptors (Lipinski definition) is 2. The molecule has 1 amide bonds. The van der Waals surface area contributed by atoms with Crippen LogP contribution in [0.1, 0.15) is 22.8 Å². The number of benzene rings is 2. The van der Waals surface area contributed by atoms with Gasteiger partial charge in [-0.05, 0) is 36.8 Å². The minimum Gasteiger partial charge on any atom is -0.494 e. The summed E-state index contributed by atoms with van der Waals surface area (Å²) in [5.74, 6) is -0.400. The maximum absolute atomic E-state index is 13.6. The van der Waals surface area contributed by atoms with Gasteiger partial charge < -0.3 is 10.1 Å². The molecule has 0 saturated heterocycles. The number of rotatable bonds is 5. The third-order valence-corrected chi connectivity index (χ3v) is 3.19. The first-order chi connectivity index (χ1) is 10.1. The van der Waals surface area contributed by atoms with Crippen LogP contribution in [-0.4, -0.2) is 12.5 Å². The largest absolute Gasteiger partial charge is 0.494 e. The van der Waals surface area contributed by atoms with Gasteiger partial charge in [0.05, 0.1) is 17.2 Å². The second-order valence-corrected chi connectivity index (χ2v) is 4.76. The van der Waals surface area contributed by atoms with Crippen LogP contribution in [0.25, 0.3) is 0 Å². The molecule has 5 heteroatoms. The minimum absolute atomic E-state index is 0.0965. The molecule has 0 aromatic heterocycles. The van der Waals surface area contributed by atoms with Crippen molar-refractivity contribution in [2.75, 3.05) is 6.61 Å². The number of carbonyl (C=O) groups excluding carboxylic acids is 1. The summed E-state index contributed by atoms with van der Waals surface area (Å²) >= 11 is 5.84. The highest BCUT2D eigenvalue weighted by atomic mass is 35.5. The molecule has 0 fully saturated rings. The lowest BCUT2D eigenvalue weighted by molar-refractivity contribution is 0.0947. The van der Waals surface area contributed by atoms with Crippen molar-refractivity contribution in [1.29, 1.82) is 0 Å².